The van der Waals surface area contributed by atoms with Crippen molar-refractivity contribution in [1.82, 2.24) is 20.1 Å². The SMILES string of the molecule is COc1ccc(-c2cnc(N)c(C(=O)N[C@H]3CCC[C@@H]3OCc3ccc(C)c(C)c3)c2)cc1CN1CCC(N(C)C)C1. The van der Waals surface area contributed by atoms with Gasteiger partial charge in [0.25, 0.3) is 5.91 Å². The zero-order valence-electron chi connectivity index (χ0n) is 25.7. The summed E-state index contributed by atoms with van der Waals surface area (Å²) in [7, 11) is 5.99. The Morgan fingerprint density at radius 1 is 1.07 bits per heavy atom. The average molecular weight is 572 g/mol. The minimum atomic E-state index is -0.214. The summed E-state index contributed by atoms with van der Waals surface area (Å²) in [5, 5.41) is 3.20. The van der Waals surface area contributed by atoms with Gasteiger partial charge in [0, 0.05) is 43.0 Å². The lowest BCUT2D eigenvalue weighted by Crippen LogP contribution is -2.41. The van der Waals surface area contributed by atoms with E-state index in [4.69, 9.17) is 15.2 Å². The van der Waals surface area contributed by atoms with Crippen molar-refractivity contribution in [2.24, 2.45) is 0 Å². The highest BCUT2D eigenvalue weighted by Gasteiger charge is 2.30. The van der Waals surface area contributed by atoms with Crippen LogP contribution in [0, 0.1) is 13.8 Å². The number of aryl methyl sites for hydroxylation is 2. The summed E-state index contributed by atoms with van der Waals surface area (Å²) >= 11 is 0. The highest BCUT2D eigenvalue weighted by Crippen LogP contribution is 2.30. The van der Waals surface area contributed by atoms with Gasteiger partial charge in [-0.3, -0.25) is 9.69 Å². The van der Waals surface area contributed by atoms with Gasteiger partial charge in [0.2, 0.25) is 0 Å². The second-order valence-corrected chi connectivity index (χ2v) is 12.1. The van der Waals surface area contributed by atoms with Gasteiger partial charge in [0.15, 0.2) is 0 Å². The molecular formula is C34H45N5O3. The Morgan fingerprint density at radius 3 is 2.64 bits per heavy atom. The first-order chi connectivity index (χ1) is 20.2. The molecule has 224 valence electrons. The van der Waals surface area contributed by atoms with E-state index in [-0.39, 0.29) is 23.9 Å². The molecule has 2 heterocycles. The van der Waals surface area contributed by atoms with Crippen molar-refractivity contribution in [3.63, 3.8) is 0 Å². The lowest BCUT2D eigenvalue weighted by atomic mass is 10.0. The largest absolute Gasteiger partial charge is 0.496 e. The number of anilines is 1. The Morgan fingerprint density at radius 2 is 1.90 bits per heavy atom. The molecule has 8 nitrogen and oxygen atoms in total. The highest BCUT2D eigenvalue weighted by molar-refractivity contribution is 5.99. The van der Waals surface area contributed by atoms with Crippen LogP contribution < -0.4 is 15.8 Å². The number of ether oxygens (including phenoxy) is 2. The van der Waals surface area contributed by atoms with E-state index < -0.39 is 0 Å². The number of nitrogens with one attached hydrogen (secondary N) is 1. The quantitative estimate of drug-likeness (QED) is 0.355. The van der Waals surface area contributed by atoms with Crippen LogP contribution in [0.5, 0.6) is 5.75 Å². The normalized spacial score (nSPS) is 20.8. The van der Waals surface area contributed by atoms with Crippen LogP contribution in [0.2, 0.25) is 0 Å². The molecule has 1 aliphatic carbocycles. The Balaban J connectivity index is 1.28. The van der Waals surface area contributed by atoms with Gasteiger partial charge in [0.1, 0.15) is 11.6 Å². The zero-order chi connectivity index (χ0) is 29.8. The molecule has 42 heavy (non-hydrogen) atoms. The molecule has 3 atom stereocenters. The summed E-state index contributed by atoms with van der Waals surface area (Å²) < 4.78 is 12.0. The van der Waals surface area contributed by atoms with Crippen LogP contribution in [0.25, 0.3) is 11.1 Å². The number of benzene rings is 2. The number of likely N-dealkylation sites (N-methyl/N-ethyl adjacent to an activating group) is 1. The molecular weight excluding hydrogens is 526 g/mol. The molecule has 0 bridgehead atoms. The number of aromatic nitrogens is 1. The molecule has 1 aliphatic heterocycles. The number of carbonyl (C=O) groups is 1. The van der Waals surface area contributed by atoms with Crippen molar-refractivity contribution in [3.8, 4) is 16.9 Å². The van der Waals surface area contributed by atoms with Gasteiger partial charge in [-0.2, -0.15) is 0 Å². The van der Waals surface area contributed by atoms with Crippen molar-refractivity contribution >= 4 is 11.7 Å². The van der Waals surface area contributed by atoms with Crippen LogP contribution in [0.1, 0.15) is 58.3 Å². The van der Waals surface area contributed by atoms with Crippen molar-refractivity contribution in [3.05, 3.63) is 76.5 Å². The average Bonchev–Trinajstić information content (AvgIpc) is 3.63. The van der Waals surface area contributed by atoms with E-state index in [9.17, 15) is 4.79 Å². The maximum Gasteiger partial charge on any atom is 0.255 e. The molecule has 3 N–H and O–H groups in total. The van der Waals surface area contributed by atoms with Gasteiger partial charge in [0.05, 0.1) is 31.4 Å². The molecule has 0 radical (unpaired) electrons. The number of methoxy groups -OCH3 is 1. The molecule has 8 heteroatoms. The van der Waals surface area contributed by atoms with Gasteiger partial charge >= 0.3 is 0 Å². The number of likely N-dealkylation sites (tertiary alicyclic amines) is 1. The first-order valence-electron chi connectivity index (χ1n) is 15.0. The molecule has 2 fully saturated rings. The fourth-order valence-corrected chi connectivity index (χ4v) is 6.15. The van der Waals surface area contributed by atoms with Crippen LogP contribution in [0.3, 0.4) is 0 Å². The maximum atomic E-state index is 13.5. The number of nitrogens with two attached hydrogens (primary N) is 1. The third-order valence-electron chi connectivity index (χ3n) is 8.95. The standard InChI is InChI=1S/C34H45N5O3/c1-22-9-10-24(15-23(22)2)21-42-32-8-6-7-30(32)37-34(40)29-17-26(18-36-33(29)35)25-11-12-31(41-5)27(16-25)19-39-14-13-28(20-39)38(3)4/h9-12,15-18,28,30,32H,6-8,13-14,19-21H2,1-5H3,(H2,35,36)(H,37,40)/t28?,30-,32-/m0/s1. The lowest BCUT2D eigenvalue weighted by Gasteiger charge is -2.22. The first-order valence-corrected chi connectivity index (χ1v) is 15.0. The molecule has 1 aromatic heterocycles. The van der Waals surface area contributed by atoms with Crippen molar-refractivity contribution < 1.29 is 14.3 Å². The number of hydrogen-bond donors (Lipinski definition) is 2. The number of carbonyl (C=O) groups excluding carboxylic acids is 1. The Hall–Kier alpha value is -3.46. The van der Waals surface area contributed by atoms with Crippen LogP contribution >= 0.6 is 0 Å². The number of rotatable bonds is 10. The number of pyridine rings is 1. The third-order valence-corrected chi connectivity index (χ3v) is 8.95. The summed E-state index contributed by atoms with van der Waals surface area (Å²) in [5.41, 5.74) is 13.2. The maximum absolute atomic E-state index is 13.5. The molecule has 1 saturated carbocycles. The molecule has 5 rings (SSSR count). The molecule has 0 spiro atoms. The molecule has 1 saturated heterocycles. The van der Waals surface area contributed by atoms with Crippen LogP contribution in [0.15, 0.2) is 48.7 Å². The lowest BCUT2D eigenvalue weighted by molar-refractivity contribution is 0.0272. The van der Waals surface area contributed by atoms with Crippen molar-refractivity contribution in [2.75, 3.05) is 40.0 Å². The van der Waals surface area contributed by atoms with E-state index in [2.05, 4.69) is 72.3 Å². The molecule has 1 amide bonds. The van der Waals surface area contributed by atoms with Gasteiger partial charge in [-0.1, -0.05) is 24.3 Å². The van der Waals surface area contributed by atoms with E-state index in [0.717, 1.165) is 73.3 Å². The molecule has 3 aromatic rings. The zero-order valence-corrected chi connectivity index (χ0v) is 25.7. The predicted molar refractivity (Wildman–Crippen MR) is 168 cm³/mol. The minimum absolute atomic E-state index is 0.0326. The summed E-state index contributed by atoms with van der Waals surface area (Å²) in [5.74, 6) is 0.873. The fraction of sp³-hybridized carbons (Fsp3) is 0.471. The van der Waals surface area contributed by atoms with Gasteiger partial charge in [-0.25, -0.2) is 4.98 Å². The van der Waals surface area contributed by atoms with Crippen LogP contribution in [0.4, 0.5) is 5.82 Å². The first kappa shape index (κ1) is 30.0. The number of amides is 1. The molecule has 1 unspecified atom stereocenters. The van der Waals surface area contributed by atoms with Crippen molar-refractivity contribution in [2.45, 2.75) is 70.9 Å². The monoisotopic (exact) mass is 571 g/mol. The predicted octanol–water partition coefficient (Wildman–Crippen LogP) is 4.96. The Bertz CT molecular complexity index is 1410. The topological polar surface area (TPSA) is 93.0 Å². The molecule has 2 aromatic carbocycles. The van der Waals surface area contributed by atoms with E-state index in [1.807, 2.05) is 18.2 Å². The Kier molecular flexibility index (Phi) is 9.46. The second-order valence-electron chi connectivity index (χ2n) is 12.1. The van der Waals surface area contributed by atoms with E-state index in [0.29, 0.717) is 18.2 Å². The van der Waals surface area contributed by atoms with Crippen LogP contribution in [-0.4, -0.2) is 73.2 Å². The van der Waals surface area contributed by atoms with E-state index in [1.54, 1.807) is 13.3 Å². The fourth-order valence-electron chi connectivity index (χ4n) is 6.15. The highest BCUT2D eigenvalue weighted by atomic mass is 16.5. The smallest absolute Gasteiger partial charge is 0.255 e. The number of nitrogens with zero attached hydrogens (tertiary/aromatic N) is 3. The van der Waals surface area contributed by atoms with E-state index in [1.165, 1.54) is 11.1 Å². The summed E-state index contributed by atoms with van der Waals surface area (Å²) in [4.78, 5) is 22.6. The van der Waals surface area contributed by atoms with Crippen LogP contribution in [-0.2, 0) is 17.9 Å². The number of hydrogen-bond acceptors (Lipinski definition) is 7. The third kappa shape index (κ3) is 6.94. The van der Waals surface area contributed by atoms with Gasteiger partial charge < -0.3 is 25.4 Å². The van der Waals surface area contributed by atoms with E-state index >= 15 is 0 Å². The number of nitrogen functional groups attached to an aromatic ring is 1. The van der Waals surface area contributed by atoms with Gasteiger partial charge in [-0.05, 0) is 94.1 Å². The summed E-state index contributed by atoms with van der Waals surface area (Å²) in [6, 6.07) is 14.9. The van der Waals surface area contributed by atoms with Gasteiger partial charge in [-0.15, -0.1) is 0 Å². The molecule has 2 aliphatic rings. The minimum Gasteiger partial charge on any atom is -0.496 e. The Labute approximate surface area is 250 Å². The second kappa shape index (κ2) is 13.2. The summed E-state index contributed by atoms with van der Waals surface area (Å²) in [6.45, 7) is 7.66. The summed E-state index contributed by atoms with van der Waals surface area (Å²) in [6.07, 6.45) is 5.68. The van der Waals surface area contributed by atoms with Crippen molar-refractivity contribution in [1.29, 1.82) is 0 Å².